The fraction of sp³-hybridized carbons (Fsp3) is 0.571. The monoisotopic (exact) mass is 702 g/mol. The fourth-order valence-electron chi connectivity index (χ4n) is 4.38. The first-order valence-electron chi connectivity index (χ1n) is 13.6. The van der Waals surface area contributed by atoms with Crippen LogP contribution in [0.3, 0.4) is 0 Å². The zero-order chi connectivity index (χ0) is 31.9. The van der Waals surface area contributed by atoms with Gasteiger partial charge in [-0.25, -0.2) is 16.8 Å². The number of nitrogens with one attached hydrogen (secondary N) is 4. The molecule has 0 aliphatic heterocycles. The van der Waals surface area contributed by atoms with E-state index in [1.54, 1.807) is 12.1 Å². The highest BCUT2D eigenvalue weighted by Crippen LogP contribution is 2.29. The third-order valence-electron chi connectivity index (χ3n) is 6.80. The molecule has 0 bridgehead atoms. The van der Waals surface area contributed by atoms with Crippen LogP contribution < -0.4 is 20.1 Å². The number of aliphatic hydroxyl groups excluding tert-OH is 2. The van der Waals surface area contributed by atoms with E-state index >= 15 is 0 Å². The lowest BCUT2D eigenvalue weighted by Crippen LogP contribution is -2.42. The SMILES string of the molecule is CC(C)(CCCCC(C)(C)NCC(O)c1ccc(O)c(NS(C)(=O)=O)c1)NCC(O)c1ccc(O)c(NS(C)(=O)=O)c1.Cl.Cl. The summed E-state index contributed by atoms with van der Waals surface area (Å²) in [5, 5.41) is 47.8. The first kappa shape index (κ1) is 42.0. The van der Waals surface area contributed by atoms with E-state index in [9.17, 15) is 37.3 Å². The normalized spacial score (nSPS) is 13.7. The smallest absolute Gasteiger partial charge is 0.229 e. The summed E-state index contributed by atoms with van der Waals surface area (Å²) >= 11 is 0. The van der Waals surface area contributed by atoms with Gasteiger partial charge in [-0.05, 0) is 75.9 Å². The standard InChI is InChI=1S/C28H46N4O8S2.2ClH/c1-27(2,29-17-25(35)19-9-11-23(33)21(15-19)31-41(5,37)38)13-7-8-14-28(3,4)30-18-26(36)20-10-12-24(34)22(16-20)32-42(6,39)40;;/h9-12,15-16,25-26,29-36H,7-8,13-14,17-18H2,1-6H3;2*1H. The molecule has 0 aromatic heterocycles. The summed E-state index contributed by atoms with van der Waals surface area (Å²) in [6.45, 7) is 8.63. The predicted octanol–water partition coefficient (Wildman–Crippen LogP) is 3.75. The topological polar surface area (TPSA) is 197 Å². The van der Waals surface area contributed by atoms with Crippen LogP contribution in [0.15, 0.2) is 36.4 Å². The van der Waals surface area contributed by atoms with Crippen LogP contribution in [0.25, 0.3) is 0 Å². The van der Waals surface area contributed by atoms with Crippen molar-refractivity contribution in [1.29, 1.82) is 0 Å². The van der Waals surface area contributed by atoms with E-state index in [1.807, 2.05) is 27.7 Å². The van der Waals surface area contributed by atoms with E-state index in [4.69, 9.17) is 0 Å². The number of halogens is 2. The van der Waals surface area contributed by atoms with Gasteiger partial charge in [0.25, 0.3) is 0 Å². The van der Waals surface area contributed by atoms with Crippen LogP contribution in [-0.2, 0) is 20.0 Å². The highest BCUT2D eigenvalue weighted by molar-refractivity contribution is 7.92. The second-order valence-corrected chi connectivity index (χ2v) is 15.6. The third-order valence-corrected chi connectivity index (χ3v) is 7.98. The van der Waals surface area contributed by atoms with Crippen molar-refractivity contribution < 1.29 is 37.3 Å². The molecule has 2 aromatic rings. The fourth-order valence-corrected chi connectivity index (χ4v) is 5.50. The number of sulfonamides is 2. The van der Waals surface area contributed by atoms with E-state index in [1.165, 1.54) is 24.3 Å². The maximum absolute atomic E-state index is 11.5. The molecule has 2 atom stereocenters. The summed E-state index contributed by atoms with van der Waals surface area (Å²) in [6.07, 6.45) is 3.62. The number of β-amino-alcohol motifs (C(OH)–C–C–N with tert-alkyl or cyclic N) is 2. The number of phenolic OH excluding ortho intramolecular Hbond substituents is 2. The summed E-state index contributed by atoms with van der Waals surface area (Å²) in [4.78, 5) is 0. The Morgan fingerprint density at radius 1 is 0.659 bits per heavy atom. The van der Waals surface area contributed by atoms with Crippen molar-refractivity contribution >= 4 is 56.2 Å². The molecule has 2 rings (SSSR count). The molecule has 254 valence electrons. The van der Waals surface area contributed by atoms with Gasteiger partial charge in [0.05, 0.1) is 36.1 Å². The Kier molecular flexibility index (Phi) is 16.2. The number of phenols is 2. The third kappa shape index (κ3) is 15.3. The van der Waals surface area contributed by atoms with Gasteiger partial charge in [-0.3, -0.25) is 9.44 Å². The number of benzene rings is 2. The molecule has 0 heterocycles. The lowest BCUT2D eigenvalue weighted by Gasteiger charge is -2.30. The molecule has 2 unspecified atom stereocenters. The molecular formula is C28H48Cl2N4O8S2. The largest absolute Gasteiger partial charge is 0.506 e. The molecule has 8 N–H and O–H groups in total. The van der Waals surface area contributed by atoms with Crippen molar-refractivity contribution in [3.8, 4) is 11.5 Å². The zero-order valence-corrected chi connectivity index (χ0v) is 29.2. The molecule has 0 aliphatic rings. The molecule has 0 radical (unpaired) electrons. The van der Waals surface area contributed by atoms with Crippen molar-refractivity contribution in [2.45, 2.75) is 76.7 Å². The number of aliphatic hydroxyl groups is 2. The van der Waals surface area contributed by atoms with Gasteiger partial charge in [0.2, 0.25) is 20.0 Å². The van der Waals surface area contributed by atoms with Crippen molar-refractivity contribution in [2.75, 3.05) is 35.0 Å². The number of hydrogen-bond acceptors (Lipinski definition) is 10. The van der Waals surface area contributed by atoms with Crippen LogP contribution in [0.5, 0.6) is 11.5 Å². The molecular weight excluding hydrogens is 655 g/mol. The molecule has 0 spiro atoms. The molecule has 44 heavy (non-hydrogen) atoms. The van der Waals surface area contributed by atoms with Gasteiger partial charge >= 0.3 is 0 Å². The maximum Gasteiger partial charge on any atom is 0.229 e. The second kappa shape index (κ2) is 17.0. The zero-order valence-electron chi connectivity index (χ0n) is 25.9. The van der Waals surface area contributed by atoms with Crippen molar-refractivity contribution in [3.63, 3.8) is 0 Å². The number of anilines is 2. The first-order valence-corrected chi connectivity index (χ1v) is 17.4. The minimum Gasteiger partial charge on any atom is -0.506 e. The minimum atomic E-state index is -3.58. The van der Waals surface area contributed by atoms with Gasteiger partial charge in [-0.15, -0.1) is 24.8 Å². The summed E-state index contributed by atoms with van der Waals surface area (Å²) in [7, 11) is -7.17. The average Bonchev–Trinajstić information content (AvgIpc) is 2.85. The Bertz CT molecular complexity index is 1320. The number of aromatic hydroxyl groups is 2. The van der Waals surface area contributed by atoms with Crippen molar-refractivity contribution in [3.05, 3.63) is 47.5 Å². The van der Waals surface area contributed by atoms with E-state index in [0.717, 1.165) is 38.2 Å². The second-order valence-electron chi connectivity index (χ2n) is 12.1. The van der Waals surface area contributed by atoms with Crippen LogP contribution in [0.4, 0.5) is 11.4 Å². The van der Waals surface area contributed by atoms with Gasteiger partial charge < -0.3 is 31.1 Å². The predicted molar refractivity (Wildman–Crippen MR) is 180 cm³/mol. The van der Waals surface area contributed by atoms with Crippen molar-refractivity contribution in [2.24, 2.45) is 0 Å². The molecule has 0 saturated heterocycles. The van der Waals surface area contributed by atoms with E-state index in [-0.39, 0.29) is 71.9 Å². The number of unbranched alkanes of at least 4 members (excludes halogenated alkanes) is 1. The van der Waals surface area contributed by atoms with Crippen LogP contribution in [0, 0.1) is 0 Å². The van der Waals surface area contributed by atoms with Gasteiger partial charge in [-0.2, -0.15) is 0 Å². The Balaban J connectivity index is 0.00000924. The Morgan fingerprint density at radius 3 is 1.27 bits per heavy atom. The molecule has 16 heteroatoms. The Labute approximate surface area is 274 Å². The van der Waals surface area contributed by atoms with Gasteiger partial charge in [0.1, 0.15) is 11.5 Å². The van der Waals surface area contributed by atoms with E-state index in [0.29, 0.717) is 11.1 Å². The summed E-state index contributed by atoms with van der Waals surface area (Å²) in [5.41, 5.74) is 0.383. The minimum absolute atomic E-state index is 0. The summed E-state index contributed by atoms with van der Waals surface area (Å²) in [6, 6.07) is 8.58. The van der Waals surface area contributed by atoms with Crippen LogP contribution in [-0.4, -0.2) is 73.9 Å². The first-order chi connectivity index (χ1) is 19.2. The lowest BCUT2D eigenvalue weighted by atomic mass is 9.91. The van der Waals surface area contributed by atoms with Gasteiger partial charge in [0, 0.05) is 24.2 Å². The van der Waals surface area contributed by atoms with E-state index in [2.05, 4.69) is 20.1 Å². The molecule has 0 fully saturated rings. The highest BCUT2D eigenvalue weighted by Gasteiger charge is 2.23. The summed E-state index contributed by atoms with van der Waals surface area (Å²) in [5.74, 6) is -0.457. The van der Waals surface area contributed by atoms with Crippen LogP contribution in [0.2, 0.25) is 0 Å². The average molecular weight is 704 g/mol. The van der Waals surface area contributed by atoms with Gasteiger partial charge in [-0.1, -0.05) is 25.0 Å². The van der Waals surface area contributed by atoms with Crippen LogP contribution >= 0.6 is 24.8 Å². The van der Waals surface area contributed by atoms with Crippen LogP contribution in [0.1, 0.15) is 76.7 Å². The molecule has 0 amide bonds. The molecule has 0 saturated carbocycles. The van der Waals surface area contributed by atoms with Gasteiger partial charge in [0.15, 0.2) is 0 Å². The Hall–Kier alpha value is -2.04. The number of rotatable bonds is 17. The maximum atomic E-state index is 11.5. The van der Waals surface area contributed by atoms with Crippen molar-refractivity contribution in [1.82, 2.24) is 10.6 Å². The summed E-state index contributed by atoms with van der Waals surface area (Å²) < 4.78 is 50.6. The molecule has 2 aromatic carbocycles. The molecule has 0 aliphatic carbocycles. The quantitative estimate of drug-likeness (QED) is 0.0888. The number of hydrogen-bond donors (Lipinski definition) is 8. The molecule has 12 nitrogen and oxygen atoms in total. The lowest BCUT2D eigenvalue weighted by molar-refractivity contribution is 0.155. The highest BCUT2D eigenvalue weighted by atomic mass is 35.5. The Morgan fingerprint density at radius 2 is 0.977 bits per heavy atom. The van der Waals surface area contributed by atoms with E-state index < -0.39 is 32.3 Å².